The van der Waals surface area contributed by atoms with Gasteiger partial charge >= 0.3 is 5.97 Å². The van der Waals surface area contributed by atoms with Crippen LogP contribution in [0.15, 0.2) is 17.0 Å². The smallest absolute Gasteiger partial charge is 0.319 e. The molecule has 0 radical (unpaired) electrons. The van der Waals surface area contributed by atoms with Crippen molar-refractivity contribution in [1.82, 2.24) is 0 Å². The van der Waals surface area contributed by atoms with Gasteiger partial charge in [0.05, 0.1) is 16.8 Å². The number of hydrogen-bond donors (Lipinski definition) is 1. The van der Waals surface area contributed by atoms with E-state index < -0.39 is 11.1 Å². The molecule has 1 aromatic rings. The van der Waals surface area contributed by atoms with Gasteiger partial charge in [-0.25, -0.2) is 4.39 Å². The lowest BCUT2D eigenvalue weighted by molar-refractivity contribution is -0.147. The number of thioether (sulfide) groups is 1. The van der Waals surface area contributed by atoms with Crippen LogP contribution < -0.4 is 5.32 Å². The average molecular weight is 362 g/mol. The summed E-state index contributed by atoms with van der Waals surface area (Å²) in [5, 5.41) is 2.16. The maximum Gasteiger partial charge on any atom is 0.319 e. The molecule has 0 aliphatic heterocycles. The van der Waals surface area contributed by atoms with E-state index in [2.05, 4.69) is 5.32 Å². The van der Waals surface area contributed by atoms with Gasteiger partial charge in [-0.2, -0.15) is 0 Å². The summed E-state index contributed by atoms with van der Waals surface area (Å²) in [6.07, 6.45) is 0.809. The Bertz CT molecular complexity index is 583. The number of ether oxygens (including phenoxy) is 1. The molecule has 2 atom stereocenters. The van der Waals surface area contributed by atoms with E-state index in [0.717, 1.165) is 24.2 Å². The highest BCUT2D eigenvalue weighted by atomic mass is 35.5. The van der Waals surface area contributed by atoms with Crippen molar-refractivity contribution in [2.24, 2.45) is 0 Å². The molecule has 1 N–H and O–H groups in total. The van der Waals surface area contributed by atoms with Gasteiger partial charge in [0.1, 0.15) is 11.1 Å². The van der Waals surface area contributed by atoms with E-state index in [1.807, 2.05) is 13.8 Å². The number of hydrogen-bond acceptors (Lipinski definition) is 4. The molecule has 0 aliphatic rings. The number of carbonyl (C=O) groups excluding carboxylic acids is 2. The van der Waals surface area contributed by atoms with Crippen LogP contribution in [0, 0.1) is 5.82 Å². The van der Waals surface area contributed by atoms with Crippen LogP contribution in [0.25, 0.3) is 0 Å². The number of halogens is 2. The third-order valence-corrected chi connectivity index (χ3v) is 4.71. The molecule has 1 amide bonds. The van der Waals surface area contributed by atoms with Gasteiger partial charge in [0.2, 0.25) is 5.91 Å². The summed E-state index contributed by atoms with van der Waals surface area (Å²) in [5.74, 6) is -1.27. The lowest BCUT2D eigenvalue weighted by Gasteiger charge is -2.16. The van der Waals surface area contributed by atoms with Crippen LogP contribution in [0.3, 0.4) is 0 Å². The molecule has 7 heteroatoms. The molecule has 0 spiro atoms. The van der Waals surface area contributed by atoms with Gasteiger partial charge < -0.3 is 10.1 Å². The molecule has 1 rings (SSSR count). The van der Waals surface area contributed by atoms with E-state index in [1.54, 1.807) is 13.8 Å². The third kappa shape index (κ3) is 6.03. The normalized spacial score (nSPS) is 13.3. The summed E-state index contributed by atoms with van der Waals surface area (Å²) in [6, 6.07) is 2.56. The van der Waals surface area contributed by atoms with Crippen LogP contribution in [0.4, 0.5) is 10.1 Å². The highest BCUT2D eigenvalue weighted by Gasteiger charge is 2.20. The van der Waals surface area contributed by atoms with Crippen molar-refractivity contribution in [3.63, 3.8) is 0 Å². The lowest BCUT2D eigenvalue weighted by atomic mass is 10.3. The number of esters is 1. The Labute approximate surface area is 145 Å². The van der Waals surface area contributed by atoms with Crippen LogP contribution >= 0.6 is 23.4 Å². The zero-order valence-corrected chi connectivity index (χ0v) is 15.2. The fraction of sp³-hybridized carbons (Fsp3) is 0.500. The molecule has 128 valence electrons. The van der Waals surface area contributed by atoms with Crippen molar-refractivity contribution in [2.45, 2.75) is 56.8 Å². The zero-order chi connectivity index (χ0) is 17.6. The number of rotatable bonds is 7. The molecule has 1 aromatic carbocycles. The Morgan fingerprint density at radius 1 is 1.35 bits per heavy atom. The van der Waals surface area contributed by atoms with Crippen molar-refractivity contribution in [3.8, 4) is 0 Å². The molecular weight excluding hydrogens is 341 g/mol. The van der Waals surface area contributed by atoms with Gasteiger partial charge in [-0.1, -0.05) is 25.4 Å². The van der Waals surface area contributed by atoms with Crippen LogP contribution in [0.1, 0.15) is 40.5 Å². The Hall–Kier alpha value is -1.27. The van der Waals surface area contributed by atoms with Crippen molar-refractivity contribution in [2.75, 3.05) is 5.32 Å². The monoisotopic (exact) mass is 361 g/mol. The summed E-state index contributed by atoms with van der Waals surface area (Å²) in [4.78, 5) is 23.9. The maximum absolute atomic E-state index is 13.8. The summed E-state index contributed by atoms with van der Waals surface area (Å²) in [6.45, 7) is 7.11. The van der Waals surface area contributed by atoms with Gasteiger partial charge in [-0.15, -0.1) is 11.8 Å². The summed E-state index contributed by atoms with van der Waals surface area (Å²) in [5.41, 5.74) is 0.0474. The molecule has 2 unspecified atom stereocenters. The molecule has 0 saturated heterocycles. The first kappa shape index (κ1) is 19.8. The topological polar surface area (TPSA) is 55.4 Å². The first-order valence-electron chi connectivity index (χ1n) is 7.44. The minimum atomic E-state index is -0.615. The number of anilines is 1. The molecule has 0 bridgehead atoms. The quantitative estimate of drug-likeness (QED) is 0.567. The number of carbonyl (C=O) groups is 2. The van der Waals surface area contributed by atoms with Gasteiger partial charge in [0, 0.05) is 11.3 Å². The zero-order valence-electron chi connectivity index (χ0n) is 13.6. The fourth-order valence-electron chi connectivity index (χ4n) is 1.57. The predicted molar refractivity (Wildman–Crippen MR) is 91.5 cm³/mol. The van der Waals surface area contributed by atoms with Crippen LogP contribution in [0.5, 0.6) is 0 Å². The summed E-state index contributed by atoms with van der Waals surface area (Å²) >= 11 is 7.19. The minimum absolute atomic E-state index is 0.0474. The summed E-state index contributed by atoms with van der Waals surface area (Å²) < 4.78 is 19.1. The maximum atomic E-state index is 13.8. The first-order valence-corrected chi connectivity index (χ1v) is 8.70. The molecule has 0 aliphatic carbocycles. The van der Waals surface area contributed by atoms with E-state index in [-0.39, 0.29) is 35.1 Å². The molecule has 0 heterocycles. The van der Waals surface area contributed by atoms with Gasteiger partial charge in [-0.05, 0) is 32.4 Å². The standard InChI is InChI=1S/C16H21ClFNO3S/c1-5-9(3)22-16(21)10(4)23-14-8-13(19-15(20)6-2)12(18)7-11(14)17/h7-10H,5-6H2,1-4H3,(H,19,20). The minimum Gasteiger partial charge on any atom is -0.462 e. The van der Waals surface area contributed by atoms with Crippen molar-refractivity contribution in [3.05, 3.63) is 23.0 Å². The fourth-order valence-corrected chi connectivity index (χ4v) is 2.74. The SMILES string of the molecule is CCC(=O)Nc1cc(SC(C)C(=O)OC(C)CC)c(Cl)cc1F. The molecule has 0 aromatic heterocycles. The van der Waals surface area contributed by atoms with E-state index in [0.29, 0.717) is 4.90 Å². The van der Waals surface area contributed by atoms with Gasteiger partial charge in [0.15, 0.2) is 0 Å². The molecule has 4 nitrogen and oxygen atoms in total. The van der Waals surface area contributed by atoms with Crippen LogP contribution in [-0.2, 0) is 14.3 Å². The van der Waals surface area contributed by atoms with Crippen LogP contribution in [0.2, 0.25) is 5.02 Å². The van der Waals surface area contributed by atoms with Gasteiger partial charge in [-0.3, -0.25) is 9.59 Å². The number of benzene rings is 1. The second-order valence-corrected chi connectivity index (χ2v) is 6.87. The van der Waals surface area contributed by atoms with Gasteiger partial charge in [0.25, 0.3) is 0 Å². The highest BCUT2D eigenvalue weighted by molar-refractivity contribution is 8.00. The highest BCUT2D eigenvalue weighted by Crippen LogP contribution is 2.35. The largest absolute Gasteiger partial charge is 0.462 e. The Morgan fingerprint density at radius 3 is 2.57 bits per heavy atom. The van der Waals surface area contributed by atoms with Crippen LogP contribution in [-0.4, -0.2) is 23.2 Å². The molecule has 0 saturated carbocycles. The Morgan fingerprint density at radius 2 is 2.00 bits per heavy atom. The van der Waals surface area contributed by atoms with E-state index in [4.69, 9.17) is 16.3 Å². The molecule has 23 heavy (non-hydrogen) atoms. The van der Waals surface area contributed by atoms with E-state index in [9.17, 15) is 14.0 Å². The van der Waals surface area contributed by atoms with Crippen molar-refractivity contribution in [1.29, 1.82) is 0 Å². The Kier molecular flexibility index (Phi) is 7.85. The third-order valence-electron chi connectivity index (χ3n) is 3.14. The molecule has 0 fully saturated rings. The second-order valence-electron chi connectivity index (χ2n) is 5.08. The van der Waals surface area contributed by atoms with E-state index >= 15 is 0 Å². The lowest BCUT2D eigenvalue weighted by Crippen LogP contribution is -2.22. The van der Waals surface area contributed by atoms with Crippen molar-refractivity contribution < 1.29 is 18.7 Å². The Balaban J connectivity index is 2.88. The summed E-state index contributed by atoms with van der Waals surface area (Å²) in [7, 11) is 0. The second kappa shape index (κ2) is 9.13. The molecular formula is C16H21ClFNO3S. The van der Waals surface area contributed by atoms with Crippen molar-refractivity contribution >= 4 is 40.9 Å². The number of amides is 1. The first-order chi connectivity index (χ1) is 10.8. The van der Waals surface area contributed by atoms with E-state index in [1.165, 1.54) is 6.07 Å². The average Bonchev–Trinajstić information content (AvgIpc) is 2.51. The predicted octanol–water partition coefficient (Wildman–Crippen LogP) is 4.65. The number of nitrogens with one attached hydrogen (secondary N) is 1.